The molecule has 0 spiro atoms. The lowest BCUT2D eigenvalue weighted by atomic mass is 10.1. The SMILES string of the molecule is O=C(Cc1cn2ccsc2n1)c1c(Cl)cccc1Cl. The Balaban J connectivity index is 1.91. The summed E-state index contributed by atoms with van der Waals surface area (Å²) in [5.41, 5.74) is 1.08. The Labute approximate surface area is 123 Å². The highest BCUT2D eigenvalue weighted by molar-refractivity contribution is 7.15. The van der Waals surface area contributed by atoms with Gasteiger partial charge in [-0.05, 0) is 12.1 Å². The third kappa shape index (κ3) is 2.39. The van der Waals surface area contributed by atoms with Crippen LogP contribution in [0.25, 0.3) is 4.96 Å². The third-order valence-electron chi connectivity index (χ3n) is 2.73. The van der Waals surface area contributed by atoms with Crippen LogP contribution in [0.2, 0.25) is 10.0 Å². The van der Waals surface area contributed by atoms with Crippen LogP contribution in [0.4, 0.5) is 0 Å². The normalized spacial score (nSPS) is 11.1. The van der Waals surface area contributed by atoms with Gasteiger partial charge in [0.2, 0.25) is 0 Å². The van der Waals surface area contributed by atoms with E-state index in [-0.39, 0.29) is 12.2 Å². The molecule has 0 saturated carbocycles. The molecule has 6 heteroatoms. The molecule has 0 aliphatic carbocycles. The average Bonchev–Trinajstić information content (AvgIpc) is 2.89. The number of carbonyl (C=O) groups is 1. The molecule has 0 amide bonds. The molecule has 3 nitrogen and oxygen atoms in total. The molecule has 0 aliphatic rings. The Hall–Kier alpha value is -1.36. The molecule has 2 aromatic heterocycles. The van der Waals surface area contributed by atoms with Crippen molar-refractivity contribution in [2.75, 3.05) is 0 Å². The van der Waals surface area contributed by atoms with E-state index in [1.807, 2.05) is 22.2 Å². The van der Waals surface area contributed by atoms with Crippen LogP contribution in [0.1, 0.15) is 16.1 Å². The average molecular weight is 311 g/mol. The standard InChI is InChI=1S/C13H8Cl2N2OS/c14-9-2-1-3-10(15)12(9)11(18)6-8-7-17-4-5-19-13(17)16-8/h1-5,7H,6H2. The highest BCUT2D eigenvalue weighted by atomic mass is 35.5. The molecule has 0 N–H and O–H groups in total. The van der Waals surface area contributed by atoms with Gasteiger partial charge >= 0.3 is 0 Å². The zero-order valence-corrected chi connectivity index (χ0v) is 12.0. The van der Waals surface area contributed by atoms with Crippen molar-refractivity contribution in [1.82, 2.24) is 9.38 Å². The van der Waals surface area contributed by atoms with E-state index in [0.29, 0.717) is 21.3 Å². The van der Waals surface area contributed by atoms with Crippen LogP contribution in [0, 0.1) is 0 Å². The quantitative estimate of drug-likeness (QED) is 0.682. The molecule has 0 bridgehead atoms. The Morgan fingerprint density at radius 1 is 1.32 bits per heavy atom. The van der Waals surface area contributed by atoms with E-state index in [1.54, 1.807) is 18.2 Å². The van der Waals surface area contributed by atoms with E-state index in [9.17, 15) is 4.79 Å². The molecule has 0 atom stereocenters. The zero-order valence-electron chi connectivity index (χ0n) is 9.64. The van der Waals surface area contributed by atoms with Crippen molar-refractivity contribution in [3.8, 4) is 0 Å². The molecule has 0 radical (unpaired) electrons. The number of aromatic nitrogens is 2. The lowest BCUT2D eigenvalue weighted by molar-refractivity contribution is 0.0992. The van der Waals surface area contributed by atoms with E-state index in [2.05, 4.69) is 4.98 Å². The maximum Gasteiger partial charge on any atom is 0.193 e. The van der Waals surface area contributed by atoms with Crippen LogP contribution in [0.3, 0.4) is 0 Å². The van der Waals surface area contributed by atoms with E-state index in [1.165, 1.54) is 11.3 Å². The molecule has 0 unspecified atom stereocenters. The second-order valence-corrected chi connectivity index (χ2v) is 5.71. The number of ketones is 1. The number of hydrogen-bond donors (Lipinski definition) is 0. The highest BCUT2D eigenvalue weighted by Crippen LogP contribution is 2.25. The number of halogens is 2. The van der Waals surface area contributed by atoms with Gasteiger partial charge in [0.25, 0.3) is 0 Å². The van der Waals surface area contributed by atoms with Crippen LogP contribution >= 0.6 is 34.5 Å². The van der Waals surface area contributed by atoms with Crippen LogP contribution in [0.5, 0.6) is 0 Å². The molecule has 0 saturated heterocycles. The summed E-state index contributed by atoms with van der Waals surface area (Å²) in [6.45, 7) is 0. The number of benzene rings is 1. The van der Waals surface area contributed by atoms with E-state index in [0.717, 1.165) is 4.96 Å². The summed E-state index contributed by atoms with van der Waals surface area (Å²) in [6.07, 6.45) is 3.94. The van der Waals surface area contributed by atoms with Gasteiger partial charge in [-0.25, -0.2) is 4.98 Å². The fraction of sp³-hybridized carbons (Fsp3) is 0.0769. The first kappa shape index (κ1) is 12.7. The second kappa shape index (κ2) is 4.96. The lowest BCUT2D eigenvalue weighted by Crippen LogP contribution is -2.05. The summed E-state index contributed by atoms with van der Waals surface area (Å²) in [6, 6.07) is 5.03. The summed E-state index contributed by atoms with van der Waals surface area (Å²) in [5, 5.41) is 2.69. The second-order valence-electron chi connectivity index (χ2n) is 4.02. The summed E-state index contributed by atoms with van der Waals surface area (Å²) < 4.78 is 1.89. The molecule has 0 fully saturated rings. The lowest BCUT2D eigenvalue weighted by Gasteiger charge is -2.04. The number of nitrogens with zero attached hydrogens (tertiary/aromatic N) is 2. The summed E-state index contributed by atoms with van der Waals surface area (Å²) in [7, 11) is 0. The number of fused-ring (bicyclic) bond motifs is 1. The van der Waals surface area contributed by atoms with E-state index < -0.39 is 0 Å². The highest BCUT2D eigenvalue weighted by Gasteiger charge is 2.16. The maximum absolute atomic E-state index is 12.2. The van der Waals surface area contributed by atoms with Gasteiger partial charge < -0.3 is 0 Å². The number of rotatable bonds is 3. The molecule has 19 heavy (non-hydrogen) atoms. The van der Waals surface area contributed by atoms with Gasteiger partial charge in [0.15, 0.2) is 10.7 Å². The summed E-state index contributed by atoms with van der Waals surface area (Å²) >= 11 is 13.6. The van der Waals surface area contributed by atoms with Crippen molar-refractivity contribution in [3.05, 3.63) is 57.3 Å². The van der Waals surface area contributed by atoms with Crippen molar-refractivity contribution in [1.29, 1.82) is 0 Å². The predicted molar refractivity (Wildman–Crippen MR) is 77.6 cm³/mol. The minimum absolute atomic E-state index is 0.124. The van der Waals surface area contributed by atoms with Gasteiger partial charge in [-0.1, -0.05) is 29.3 Å². The molecular weight excluding hydrogens is 303 g/mol. The Kier molecular flexibility index (Phi) is 3.31. The Bertz CT molecular complexity index is 714. The summed E-state index contributed by atoms with van der Waals surface area (Å²) in [5.74, 6) is -0.124. The molecule has 2 heterocycles. The van der Waals surface area contributed by atoms with Gasteiger partial charge in [0, 0.05) is 17.8 Å². The first-order valence-corrected chi connectivity index (χ1v) is 7.17. The smallest absolute Gasteiger partial charge is 0.193 e. The van der Waals surface area contributed by atoms with Gasteiger partial charge in [0.05, 0.1) is 27.7 Å². The minimum Gasteiger partial charge on any atom is -0.297 e. The van der Waals surface area contributed by atoms with Crippen molar-refractivity contribution < 1.29 is 4.79 Å². The topological polar surface area (TPSA) is 34.4 Å². The van der Waals surface area contributed by atoms with Crippen molar-refractivity contribution in [2.45, 2.75) is 6.42 Å². The fourth-order valence-electron chi connectivity index (χ4n) is 1.88. The number of imidazole rings is 1. The molecule has 0 aliphatic heterocycles. The molecule has 3 rings (SSSR count). The van der Waals surface area contributed by atoms with Gasteiger partial charge in [-0.3, -0.25) is 9.20 Å². The summed E-state index contributed by atoms with van der Waals surface area (Å²) in [4.78, 5) is 17.5. The van der Waals surface area contributed by atoms with Gasteiger partial charge in [-0.15, -0.1) is 11.3 Å². The number of Topliss-reactive ketones (excluding diaryl/α,β-unsaturated/α-hetero) is 1. The first-order valence-electron chi connectivity index (χ1n) is 5.53. The molecular formula is C13H8Cl2N2OS. The minimum atomic E-state index is -0.124. The van der Waals surface area contributed by atoms with Gasteiger partial charge in [-0.2, -0.15) is 0 Å². The Morgan fingerprint density at radius 2 is 2.05 bits per heavy atom. The number of carbonyl (C=O) groups excluding carboxylic acids is 1. The largest absolute Gasteiger partial charge is 0.297 e. The van der Waals surface area contributed by atoms with Crippen LogP contribution in [-0.4, -0.2) is 15.2 Å². The van der Waals surface area contributed by atoms with Crippen molar-refractivity contribution in [3.63, 3.8) is 0 Å². The maximum atomic E-state index is 12.2. The van der Waals surface area contributed by atoms with Crippen LogP contribution in [-0.2, 0) is 6.42 Å². The first-order chi connectivity index (χ1) is 9.15. The third-order valence-corrected chi connectivity index (χ3v) is 4.13. The van der Waals surface area contributed by atoms with E-state index >= 15 is 0 Å². The zero-order chi connectivity index (χ0) is 13.4. The number of thiazole rings is 1. The molecule has 96 valence electrons. The van der Waals surface area contributed by atoms with Crippen LogP contribution in [0.15, 0.2) is 36.0 Å². The van der Waals surface area contributed by atoms with Crippen molar-refractivity contribution >= 4 is 45.3 Å². The van der Waals surface area contributed by atoms with E-state index in [4.69, 9.17) is 23.2 Å². The number of hydrogen-bond acceptors (Lipinski definition) is 3. The Morgan fingerprint density at radius 3 is 2.74 bits per heavy atom. The molecule has 3 aromatic rings. The molecule has 1 aromatic carbocycles. The monoisotopic (exact) mass is 310 g/mol. The fourth-order valence-corrected chi connectivity index (χ4v) is 3.21. The van der Waals surface area contributed by atoms with Gasteiger partial charge in [0.1, 0.15) is 0 Å². The predicted octanol–water partition coefficient (Wildman–Crippen LogP) is 4.13. The van der Waals surface area contributed by atoms with Crippen LogP contribution < -0.4 is 0 Å². The van der Waals surface area contributed by atoms with Crippen molar-refractivity contribution in [2.24, 2.45) is 0 Å².